The van der Waals surface area contributed by atoms with Crippen LogP contribution in [0.2, 0.25) is 0 Å². The van der Waals surface area contributed by atoms with Crippen LogP contribution in [0.3, 0.4) is 0 Å². The zero-order valence-corrected chi connectivity index (χ0v) is 7.48. The number of hydroxylamine groups is 2. The molecule has 7 nitrogen and oxygen atoms in total. The first-order chi connectivity index (χ1) is 5.97. The van der Waals surface area contributed by atoms with Gasteiger partial charge in [-0.15, -0.1) is 5.06 Å². The third-order valence-corrected chi connectivity index (χ3v) is 0.979. The largest absolute Gasteiger partial charge is 0.375 e. The van der Waals surface area contributed by atoms with Crippen molar-refractivity contribution in [3.8, 4) is 0 Å². The Morgan fingerprint density at radius 2 is 2.15 bits per heavy atom. The zero-order chi connectivity index (χ0) is 10.4. The second kappa shape index (κ2) is 5.46. The van der Waals surface area contributed by atoms with Crippen LogP contribution in [-0.4, -0.2) is 48.9 Å². The maximum absolute atomic E-state index is 10.8. The Hall–Kier alpha value is -1.18. The zero-order valence-electron chi connectivity index (χ0n) is 7.48. The molecule has 0 fully saturated rings. The van der Waals surface area contributed by atoms with Gasteiger partial charge in [0.2, 0.25) is 12.1 Å². The molecular formula is C6H13N3O4. The normalized spacial score (nSPS) is 12.4. The number of nitrogens with one attached hydrogen (secondary N) is 1. The average Bonchev–Trinajstić information content (AvgIpc) is 2.02. The lowest BCUT2D eigenvalue weighted by atomic mass is 10.5. The van der Waals surface area contributed by atoms with E-state index in [0.29, 0.717) is 0 Å². The summed E-state index contributed by atoms with van der Waals surface area (Å²) < 4.78 is 0. The predicted octanol–water partition coefficient (Wildman–Crippen LogP) is -2.60. The first kappa shape index (κ1) is 11.8. The molecule has 7 heteroatoms. The Labute approximate surface area is 75.4 Å². The summed E-state index contributed by atoms with van der Waals surface area (Å²) >= 11 is 0. The number of hydrogen-bond donors (Lipinski definition) is 3. The van der Waals surface area contributed by atoms with E-state index < -0.39 is 18.1 Å². The molecule has 0 aliphatic rings. The van der Waals surface area contributed by atoms with Gasteiger partial charge in [0.1, 0.15) is 0 Å². The molecule has 0 rings (SSSR count). The van der Waals surface area contributed by atoms with E-state index in [1.165, 1.54) is 14.1 Å². The van der Waals surface area contributed by atoms with Gasteiger partial charge in [-0.2, -0.15) is 0 Å². The van der Waals surface area contributed by atoms with Gasteiger partial charge in [0.25, 0.3) is 0 Å². The van der Waals surface area contributed by atoms with Gasteiger partial charge in [-0.3, -0.25) is 4.79 Å². The maximum Gasteiger partial charge on any atom is 0.375 e. The summed E-state index contributed by atoms with van der Waals surface area (Å²) in [4.78, 5) is 25.9. The Balaban J connectivity index is 3.89. The highest BCUT2D eigenvalue weighted by Gasteiger charge is 2.19. The molecule has 4 N–H and O–H groups in total. The number of amides is 1. The third kappa shape index (κ3) is 5.12. The molecule has 0 bridgehead atoms. The van der Waals surface area contributed by atoms with Crippen LogP contribution in [0.25, 0.3) is 0 Å². The summed E-state index contributed by atoms with van der Waals surface area (Å²) in [6.45, 7) is -0.299. The number of hydrogen-bond acceptors (Lipinski definition) is 6. The molecule has 0 saturated heterocycles. The summed E-state index contributed by atoms with van der Waals surface area (Å²) in [5, 5.41) is 12.0. The summed E-state index contributed by atoms with van der Waals surface area (Å²) in [5.41, 5.74) is 4.94. The molecule has 0 aromatic heterocycles. The molecular weight excluding hydrogens is 178 g/mol. The van der Waals surface area contributed by atoms with E-state index in [4.69, 9.17) is 10.8 Å². The van der Waals surface area contributed by atoms with Crippen molar-refractivity contribution in [3.63, 3.8) is 0 Å². The van der Waals surface area contributed by atoms with E-state index in [0.717, 1.165) is 5.06 Å². The van der Waals surface area contributed by atoms with Crippen molar-refractivity contribution in [1.29, 1.82) is 0 Å². The van der Waals surface area contributed by atoms with Gasteiger partial charge in [0.05, 0.1) is 6.54 Å². The van der Waals surface area contributed by atoms with Crippen LogP contribution in [0, 0.1) is 0 Å². The molecule has 1 amide bonds. The average molecular weight is 191 g/mol. The smallest absolute Gasteiger partial charge is 0.365 e. The molecule has 0 aliphatic heterocycles. The number of nitrogens with two attached hydrogens (primary N) is 1. The predicted molar refractivity (Wildman–Crippen MR) is 43.0 cm³/mol. The number of nitrogens with zero attached hydrogens (tertiary/aromatic N) is 1. The molecule has 0 aromatic carbocycles. The van der Waals surface area contributed by atoms with Crippen molar-refractivity contribution in [1.82, 2.24) is 10.4 Å². The minimum Gasteiger partial charge on any atom is -0.365 e. The van der Waals surface area contributed by atoms with Gasteiger partial charge in [-0.25, -0.2) is 4.79 Å². The van der Waals surface area contributed by atoms with E-state index in [1.54, 1.807) is 0 Å². The highest BCUT2D eigenvalue weighted by Crippen LogP contribution is 1.86. The van der Waals surface area contributed by atoms with E-state index in [2.05, 4.69) is 4.84 Å². The quantitative estimate of drug-likeness (QED) is 0.332. The standard InChI is InChI=1S/C6H13N3O4/c1-9(2)13-6(12)5(11)8-4(10)3-7/h5,11H,3,7H2,1-2H3,(H,8,10). The molecule has 1 atom stereocenters. The lowest BCUT2D eigenvalue weighted by Gasteiger charge is -2.14. The summed E-state index contributed by atoms with van der Waals surface area (Å²) in [5.74, 6) is -1.60. The van der Waals surface area contributed by atoms with E-state index in [9.17, 15) is 9.59 Å². The van der Waals surface area contributed by atoms with Gasteiger partial charge >= 0.3 is 5.97 Å². The monoisotopic (exact) mass is 191 g/mol. The summed E-state index contributed by atoms with van der Waals surface area (Å²) in [7, 11) is 2.94. The van der Waals surface area contributed by atoms with Crippen molar-refractivity contribution < 1.29 is 19.5 Å². The fourth-order valence-electron chi connectivity index (χ4n) is 0.500. The minimum atomic E-state index is -1.68. The molecule has 0 radical (unpaired) electrons. The van der Waals surface area contributed by atoms with E-state index in [1.807, 2.05) is 5.32 Å². The van der Waals surface area contributed by atoms with Crippen LogP contribution in [-0.2, 0) is 14.4 Å². The van der Waals surface area contributed by atoms with Crippen molar-refractivity contribution in [2.45, 2.75) is 6.23 Å². The van der Waals surface area contributed by atoms with Crippen molar-refractivity contribution in [3.05, 3.63) is 0 Å². The molecule has 13 heavy (non-hydrogen) atoms. The van der Waals surface area contributed by atoms with Gasteiger partial charge in [-0.1, -0.05) is 0 Å². The molecule has 0 spiro atoms. The van der Waals surface area contributed by atoms with Crippen LogP contribution >= 0.6 is 0 Å². The molecule has 0 heterocycles. The second-order valence-electron chi connectivity index (χ2n) is 2.40. The fourth-order valence-corrected chi connectivity index (χ4v) is 0.500. The Bertz CT molecular complexity index is 194. The van der Waals surface area contributed by atoms with Crippen LogP contribution in [0.4, 0.5) is 0 Å². The Morgan fingerprint density at radius 3 is 2.54 bits per heavy atom. The van der Waals surface area contributed by atoms with Gasteiger partial charge in [0.15, 0.2) is 0 Å². The van der Waals surface area contributed by atoms with Crippen LogP contribution < -0.4 is 11.1 Å². The molecule has 0 saturated carbocycles. The summed E-state index contributed by atoms with van der Waals surface area (Å²) in [6.07, 6.45) is -1.68. The first-order valence-corrected chi connectivity index (χ1v) is 3.54. The topological polar surface area (TPSA) is 105 Å². The van der Waals surface area contributed by atoms with Crippen molar-refractivity contribution in [2.24, 2.45) is 5.73 Å². The molecule has 0 aliphatic carbocycles. The second-order valence-corrected chi connectivity index (χ2v) is 2.40. The molecule has 0 aromatic rings. The van der Waals surface area contributed by atoms with E-state index in [-0.39, 0.29) is 6.54 Å². The molecule has 76 valence electrons. The number of carbonyl (C=O) groups is 2. The third-order valence-electron chi connectivity index (χ3n) is 0.979. The van der Waals surface area contributed by atoms with Crippen molar-refractivity contribution in [2.75, 3.05) is 20.6 Å². The maximum atomic E-state index is 10.8. The number of rotatable bonds is 4. The Morgan fingerprint density at radius 1 is 1.62 bits per heavy atom. The van der Waals surface area contributed by atoms with Crippen LogP contribution in [0.1, 0.15) is 0 Å². The SMILES string of the molecule is CN(C)OC(=O)C(O)NC(=O)CN. The lowest BCUT2D eigenvalue weighted by Crippen LogP contribution is -2.45. The first-order valence-electron chi connectivity index (χ1n) is 3.54. The van der Waals surface area contributed by atoms with Crippen LogP contribution in [0.5, 0.6) is 0 Å². The number of aliphatic hydroxyl groups excluding tert-OH is 1. The number of aliphatic hydroxyl groups is 1. The molecule has 1 unspecified atom stereocenters. The Kier molecular flexibility index (Phi) is 4.97. The fraction of sp³-hybridized carbons (Fsp3) is 0.667. The van der Waals surface area contributed by atoms with Gasteiger partial charge < -0.3 is 21.0 Å². The minimum absolute atomic E-state index is 0.299. The van der Waals surface area contributed by atoms with Gasteiger partial charge in [0, 0.05) is 14.1 Å². The van der Waals surface area contributed by atoms with E-state index >= 15 is 0 Å². The lowest BCUT2D eigenvalue weighted by molar-refractivity contribution is -0.190. The summed E-state index contributed by atoms with van der Waals surface area (Å²) in [6, 6.07) is 0. The highest BCUT2D eigenvalue weighted by atomic mass is 16.7. The van der Waals surface area contributed by atoms with Crippen LogP contribution in [0.15, 0.2) is 0 Å². The number of carbonyl (C=O) groups excluding carboxylic acids is 2. The van der Waals surface area contributed by atoms with Gasteiger partial charge in [-0.05, 0) is 0 Å². The highest BCUT2D eigenvalue weighted by molar-refractivity contribution is 5.84. The van der Waals surface area contributed by atoms with Crippen molar-refractivity contribution >= 4 is 11.9 Å².